The van der Waals surface area contributed by atoms with Crippen LogP contribution < -0.4 is 0 Å². The van der Waals surface area contributed by atoms with E-state index < -0.39 is 18.0 Å². The number of carboxylic acid groups (broad SMARTS) is 1. The third-order valence-electron chi connectivity index (χ3n) is 2.25. The van der Waals surface area contributed by atoms with Crippen molar-refractivity contribution in [3.8, 4) is 0 Å². The van der Waals surface area contributed by atoms with E-state index in [4.69, 9.17) is 15.3 Å². The van der Waals surface area contributed by atoms with E-state index in [2.05, 4.69) is 17.9 Å². The van der Waals surface area contributed by atoms with Gasteiger partial charge in [-0.05, 0) is 25.7 Å². The Labute approximate surface area is 119 Å². The molecular formula is C14H24O6. The molecule has 0 aliphatic carbocycles. The van der Waals surface area contributed by atoms with E-state index in [9.17, 15) is 9.59 Å². The van der Waals surface area contributed by atoms with Gasteiger partial charge in [0.1, 0.15) is 6.61 Å². The number of carbonyl (C=O) groups excluding carboxylic acids is 1. The van der Waals surface area contributed by atoms with Crippen LogP contribution in [-0.2, 0) is 14.3 Å². The van der Waals surface area contributed by atoms with Crippen molar-refractivity contribution in [1.29, 1.82) is 0 Å². The summed E-state index contributed by atoms with van der Waals surface area (Å²) in [5.41, 5.74) is 0.216. The molecule has 0 aliphatic heterocycles. The molecule has 1 unspecified atom stereocenters. The predicted molar refractivity (Wildman–Crippen MR) is 75.2 cm³/mol. The molecule has 116 valence electrons. The largest absolute Gasteiger partial charge is 0.478 e. The molecule has 0 amide bonds. The van der Waals surface area contributed by atoms with Gasteiger partial charge in [0, 0.05) is 18.3 Å². The highest BCUT2D eigenvalue weighted by atomic mass is 16.5. The first kappa shape index (κ1) is 20.7. The average Bonchev–Trinajstić information content (AvgIpc) is 2.44. The number of carbonyl (C=O) groups is 2. The molecule has 0 heterocycles. The lowest BCUT2D eigenvalue weighted by atomic mass is 10.1. The lowest BCUT2D eigenvalue weighted by molar-refractivity contribution is -0.140. The maximum Gasteiger partial charge on any atom is 0.330 e. The van der Waals surface area contributed by atoms with E-state index in [1.54, 1.807) is 0 Å². The van der Waals surface area contributed by atoms with Gasteiger partial charge in [0.25, 0.3) is 0 Å². The van der Waals surface area contributed by atoms with Crippen molar-refractivity contribution in [3.63, 3.8) is 0 Å². The molecule has 0 aromatic rings. The summed E-state index contributed by atoms with van der Waals surface area (Å²) in [6.45, 7) is 8.54. The second kappa shape index (κ2) is 13.8. The Morgan fingerprint density at radius 1 is 1.35 bits per heavy atom. The molecule has 6 nitrogen and oxygen atoms in total. The minimum Gasteiger partial charge on any atom is -0.478 e. The summed E-state index contributed by atoms with van der Waals surface area (Å²) in [6.07, 6.45) is 2.92. The zero-order chi connectivity index (χ0) is 16.0. The zero-order valence-electron chi connectivity index (χ0n) is 11.9. The number of rotatable bonds is 9. The van der Waals surface area contributed by atoms with Gasteiger partial charge in [-0.1, -0.05) is 20.1 Å². The number of aliphatic hydroxyl groups is 2. The minimum atomic E-state index is -0.946. The second-order valence-corrected chi connectivity index (χ2v) is 3.99. The second-order valence-electron chi connectivity index (χ2n) is 3.99. The third kappa shape index (κ3) is 14.4. The maximum atomic E-state index is 10.4. The van der Waals surface area contributed by atoms with Gasteiger partial charge >= 0.3 is 11.9 Å². The van der Waals surface area contributed by atoms with Crippen LogP contribution in [0.5, 0.6) is 0 Å². The Morgan fingerprint density at radius 3 is 2.35 bits per heavy atom. The highest BCUT2D eigenvalue weighted by molar-refractivity contribution is 5.85. The summed E-state index contributed by atoms with van der Waals surface area (Å²) in [6, 6.07) is 0. The van der Waals surface area contributed by atoms with Gasteiger partial charge in [-0.2, -0.15) is 0 Å². The van der Waals surface area contributed by atoms with Gasteiger partial charge in [-0.25, -0.2) is 9.59 Å². The van der Waals surface area contributed by atoms with E-state index in [1.165, 1.54) is 0 Å². The molecule has 0 aromatic heterocycles. The molecule has 3 N–H and O–H groups in total. The molecule has 1 atom stereocenters. The molecule has 0 saturated carbocycles. The van der Waals surface area contributed by atoms with Crippen molar-refractivity contribution in [3.05, 3.63) is 24.8 Å². The van der Waals surface area contributed by atoms with Gasteiger partial charge in [0.05, 0.1) is 6.10 Å². The van der Waals surface area contributed by atoms with Crippen molar-refractivity contribution < 1.29 is 29.6 Å². The standard InChI is InChI=1S/2C7H12O3/c1-6(7(9)10)4-2-3-5-8;1-3-6(8)5-10-7(9)4-2/h8H,1-5H2,(H,9,10);4,6,8H,2-3,5H2,1H3. The fourth-order valence-corrected chi connectivity index (χ4v) is 0.912. The molecule has 0 aromatic carbocycles. The molecule has 0 spiro atoms. The number of hydrogen-bond donors (Lipinski definition) is 3. The number of unbranched alkanes of at least 4 members (excludes halogenated alkanes) is 1. The smallest absolute Gasteiger partial charge is 0.330 e. The summed E-state index contributed by atoms with van der Waals surface area (Å²) in [4.78, 5) is 20.5. The van der Waals surface area contributed by atoms with Crippen LogP contribution in [0.2, 0.25) is 0 Å². The lowest BCUT2D eigenvalue weighted by Gasteiger charge is -2.05. The average molecular weight is 288 g/mol. The van der Waals surface area contributed by atoms with Crippen molar-refractivity contribution in [2.45, 2.75) is 38.7 Å². The Kier molecular flexibility index (Phi) is 14.2. The topological polar surface area (TPSA) is 104 Å². The molecule has 0 radical (unpaired) electrons. The maximum absolute atomic E-state index is 10.4. The minimum absolute atomic E-state index is 0.0569. The molecule has 20 heavy (non-hydrogen) atoms. The molecule has 0 saturated heterocycles. The summed E-state index contributed by atoms with van der Waals surface area (Å²) in [7, 11) is 0. The summed E-state index contributed by atoms with van der Waals surface area (Å²) < 4.78 is 4.54. The molecule has 0 fully saturated rings. The molecule has 0 bridgehead atoms. The van der Waals surface area contributed by atoms with Crippen LogP contribution >= 0.6 is 0 Å². The first-order valence-electron chi connectivity index (χ1n) is 6.38. The summed E-state index contributed by atoms with van der Waals surface area (Å²) >= 11 is 0. The van der Waals surface area contributed by atoms with Gasteiger partial charge in [-0.3, -0.25) is 0 Å². The van der Waals surface area contributed by atoms with Crippen LogP contribution in [0.4, 0.5) is 0 Å². The van der Waals surface area contributed by atoms with Crippen LogP contribution in [0, 0.1) is 0 Å². The van der Waals surface area contributed by atoms with E-state index in [0.29, 0.717) is 25.7 Å². The van der Waals surface area contributed by atoms with E-state index >= 15 is 0 Å². The Balaban J connectivity index is 0. The number of ether oxygens (including phenoxy) is 1. The van der Waals surface area contributed by atoms with Crippen molar-refractivity contribution in [1.82, 2.24) is 0 Å². The van der Waals surface area contributed by atoms with Crippen molar-refractivity contribution in [2.75, 3.05) is 13.2 Å². The molecular weight excluding hydrogens is 264 g/mol. The quantitative estimate of drug-likeness (QED) is 0.335. The van der Waals surface area contributed by atoms with Crippen LogP contribution in [0.1, 0.15) is 32.6 Å². The predicted octanol–water partition coefficient (Wildman–Crippen LogP) is 1.28. The van der Waals surface area contributed by atoms with Gasteiger partial charge in [0.2, 0.25) is 0 Å². The third-order valence-corrected chi connectivity index (χ3v) is 2.25. The molecule has 0 rings (SSSR count). The van der Waals surface area contributed by atoms with Gasteiger partial charge in [-0.15, -0.1) is 0 Å². The Bertz CT molecular complexity index is 311. The van der Waals surface area contributed by atoms with Gasteiger partial charge < -0.3 is 20.1 Å². The lowest BCUT2D eigenvalue weighted by Crippen LogP contribution is -2.16. The van der Waals surface area contributed by atoms with E-state index in [0.717, 1.165) is 6.08 Å². The van der Waals surface area contributed by atoms with Crippen molar-refractivity contribution in [2.24, 2.45) is 0 Å². The number of aliphatic hydroxyl groups excluding tert-OH is 2. The van der Waals surface area contributed by atoms with Crippen LogP contribution in [0.25, 0.3) is 0 Å². The zero-order valence-corrected chi connectivity index (χ0v) is 11.9. The number of esters is 1. The SMILES string of the molecule is C=C(CCCCO)C(=O)O.C=CC(=O)OCC(O)CC. The Hall–Kier alpha value is -1.66. The normalized spacial score (nSPS) is 10.8. The number of hydrogen-bond acceptors (Lipinski definition) is 5. The van der Waals surface area contributed by atoms with Crippen molar-refractivity contribution >= 4 is 11.9 Å². The van der Waals surface area contributed by atoms with Crippen LogP contribution in [-0.4, -0.2) is 46.6 Å². The number of aliphatic carboxylic acids is 1. The monoisotopic (exact) mass is 288 g/mol. The first-order chi connectivity index (χ1) is 9.38. The first-order valence-corrected chi connectivity index (χ1v) is 6.38. The molecule has 0 aliphatic rings. The molecule has 6 heteroatoms. The fraction of sp³-hybridized carbons (Fsp3) is 0.571. The van der Waals surface area contributed by atoms with Gasteiger partial charge in [0.15, 0.2) is 0 Å². The fourth-order valence-electron chi connectivity index (χ4n) is 0.912. The van der Waals surface area contributed by atoms with E-state index in [1.807, 2.05) is 6.92 Å². The number of carboxylic acids is 1. The summed E-state index contributed by atoms with van der Waals surface area (Å²) in [5, 5.41) is 25.6. The van der Waals surface area contributed by atoms with E-state index in [-0.39, 0.29) is 18.8 Å². The Morgan fingerprint density at radius 2 is 1.95 bits per heavy atom. The summed E-state index contributed by atoms with van der Waals surface area (Å²) in [5.74, 6) is -1.44. The van der Waals surface area contributed by atoms with Crippen LogP contribution in [0.3, 0.4) is 0 Å². The highest BCUT2D eigenvalue weighted by Gasteiger charge is 2.02. The van der Waals surface area contributed by atoms with Crippen LogP contribution in [0.15, 0.2) is 24.8 Å². The highest BCUT2D eigenvalue weighted by Crippen LogP contribution is 2.03.